The number of para-hydroxylation sites is 1. The Kier molecular flexibility index (Phi) is 7.97. The van der Waals surface area contributed by atoms with Crippen LogP contribution in [0.1, 0.15) is 69.3 Å². The highest BCUT2D eigenvalue weighted by Gasteiger charge is 2.53. The van der Waals surface area contributed by atoms with Crippen LogP contribution in [0.2, 0.25) is 0 Å². The van der Waals surface area contributed by atoms with Gasteiger partial charge in [0.25, 0.3) is 0 Å². The number of carbonyl (C=O) groups excluding carboxylic acids is 3. The molecule has 8 heteroatoms. The van der Waals surface area contributed by atoms with Gasteiger partial charge < -0.3 is 5.32 Å². The van der Waals surface area contributed by atoms with Crippen molar-refractivity contribution in [3.8, 4) is 0 Å². The molecule has 1 aliphatic carbocycles. The lowest BCUT2D eigenvalue weighted by atomic mass is 9.59. The number of carbonyl (C=O) groups is 3. The number of benzene rings is 2. The van der Waals surface area contributed by atoms with Crippen molar-refractivity contribution in [3.63, 3.8) is 0 Å². The Bertz CT molecular complexity index is 1220. The minimum atomic E-state index is -4.13. The Labute approximate surface area is 207 Å². The number of hydrogen-bond acceptors (Lipinski definition) is 5. The van der Waals surface area contributed by atoms with E-state index in [0.29, 0.717) is 35.8 Å². The number of rotatable bonds is 9. The Morgan fingerprint density at radius 1 is 0.943 bits per heavy atom. The molecule has 0 bridgehead atoms. The van der Waals surface area contributed by atoms with Crippen LogP contribution in [0.15, 0.2) is 53.4 Å². The summed E-state index contributed by atoms with van der Waals surface area (Å²) in [4.78, 5) is 40.8. The number of sulfonamides is 1. The number of nitrogens with two attached hydrogens (primary N) is 1. The van der Waals surface area contributed by atoms with Crippen molar-refractivity contribution in [2.45, 2.75) is 63.7 Å². The van der Waals surface area contributed by atoms with E-state index in [1.54, 1.807) is 18.2 Å². The number of anilines is 1. The van der Waals surface area contributed by atoms with Crippen LogP contribution in [-0.2, 0) is 25.0 Å². The molecule has 1 aliphatic rings. The van der Waals surface area contributed by atoms with Crippen molar-refractivity contribution < 1.29 is 22.8 Å². The number of fused-ring (bicyclic) bond motifs is 1. The van der Waals surface area contributed by atoms with Crippen LogP contribution < -0.4 is 10.5 Å². The summed E-state index contributed by atoms with van der Waals surface area (Å²) in [6.45, 7) is 8.31. The molecule has 0 saturated heterocycles. The van der Waals surface area contributed by atoms with E-state index in [9.17, 15) is 22.8 Å². The second kappa shape index (κ2) is 10.4. The molecule has 0 fully saturated rings. The van der Waals surface area contributed by atoms with Crippen molar-refractivity contribution in [3.05, 3.63) is 59.7 Å². The topological polar surface area (TPSA) is 123 Å². The van der Waals surface area contributed by atoms with Gasteiger partial charge in [-0.25, -0.2) is 13.6 Å². The highest BCUT2D eigenvalue weighted by molar-refractivity contribution is 7.89. The first-order chi connectivity index (χ1) is 16.4. The van der Waals surface area contributed by atoms with Crippen LogP contribution in [0, 0.1) is 17.8 Å². The summed E-state index contributed by atoms with van der Waals surface area (Å²) in [7, 11) is -4.13. The number of hydrogen-bond donors (Lipinski definition) is 2. The predicted molar refractivity (Wildman–Crippen MR) is 136 cm³/mol. The second-order valence-electron chi connectivity index (χ2n) is 10.2. The molecule has 3 N–H and O–H groups in total. The normalized spacial score (nSPS) is 17.5. The van der Waals surface area contributed by atoms with E-state index in [1.165, 1.54) is 18.2 Å². The summed E-state index contributed by atoms with van der Waals surface area (Å²) in [5, 5.41) is 7.80. The lowest BCUT2D eigenvalue weighted by Gasteiger charge is -2.41. The molecule has 1 unspecified atom stereocenters. The molecule has 0 heterocycles. The average Bonchev–Trinajstić information content (AvgIpc) is 2.78. The zero-order chi connectivity index (χ0) is 26.0. The molecule has 7 nitrogen and oxygen atoms in total. The smallest absolute Gasteiger partial charge is 0.242 e. The Balaban J connectivity index is 2.11. The molecule has 188 valence electrons. The number of primary sulfonamides is 1. The molecule has 2 aromatic rings. The standard InChI is InChI=1S/C27H34N2O5S/c1-17(2)13-15-27(16-14-18(3)4)20-10-6-5-9-19(20)24(30)23(25(27)31)26(32)29-21-11-7-8-12-22(21)35(28,33)34/h5-12,17-18,23H,13-16H2,1-4H3,(H,29,32)(H2,28,33,34). The average molecular weight is 499 g/mol. The number of amides is 1. The number of Topliss-reactive ketones (excluding diaryl/α,β-unsaturated/α-hetero) is 2. The van der Waals surface area contributed by atoms with Crippen molar-refractivity contribution >= 4 is 33.2 Å². The van der Waals surface area contributed by atoms with Crippen LogP contribution in [0.3, 0.4) is 0 Å². The first-order valence-corrected chi connectivity index (χ1v) is 13.5. The molecule has 0 aliphatic heterocycles. The first-order valence-electron chi connectivity index (χ1n) is 12.0. The van der Waals surface area contributed by atoms with Crippen molar-refractivity contribution in [2.75, 3.05) is 5.32 Å². The molecule has 0 spiro atoms. The summed E-state index contributed by atoms with van der Waals surface area (Å²) in [6, 6.07) is 12.7. The highest BCUT2D eigenvalue weighted by atomic mass is 32.2. The van der Waals surface area contributed by atoms with Crippen molar-refractivity contribution in [2.24, 2.45) is 22.9 Å². The summed E-state index contributed by atoms with van der Waals surface area (Å²) in [5.41, 5.74) is 0.0275. The quantitative estimate of drug-likeness (QED) is 0.494. The van der Waals surface area contributed by atoms with E-state index in [0.717, 1.165) is 12.8 Å². The summed E-state index contributed by atoms with van der Waals surface area (Å²) in [6.07, 6.45) is 2.57. The van der Waals surface area contributed by atoms with Crippen LogP contribution in [-0.4, -0.2) is 25.9 Å². The van der Waals surface area contributed by atoms with Crippen LogP contribution in [0.4, 0.5) is 5.69 Å². The molecule has 0 aromatic heterocycles. The van der Waals surface area contributed by atoms with Gasteiger partial charge in [0.15, 0.2) is 17.5 Å². The van der Waals surface area contributed by atoms with Gasteiger partial charge in [-0.15, -0.1) is 0 Å². The molecular formula is C27H34N2O5S. The van der Waals surface area contributed by atoms with E-state index in [1.807, 2.05) is 12.1 Å². The van der Waals surface area contributed by atoms with Gasteiger partial charge in [0.05, 0.1) is 11.1 Å². The molecule has 1 amide bonds. The van der Waals surface area contributed by atoms with Crippen LogP contribution in [0.5, 0.6) is 0 Å². The largest absolute Gasteiger partial charge is 0.324 e. The van der Waals surface area contributed by atoms with Crippen LogP contribution in [0.25, 0.3) is 0 Å². The minimum Gasteiger partial charge on any atom is -0.324 e. The molecule has 35 heavy (non-hydrogen) atoms. The summed E-state index contributed by atoms with van der Waals surface area (Å²) >= 11 is 0. The van der Waals surface area contributed by atoms with Gasteiger partial charge in [-0.2, -0.15) is 0 Å². The minimum absolute atomic E-state index is 0.0607. The lowest BCUT2D eigenvalue weighted by Crippen LogP contribution is -2.52. The SMILES string of the molecule is CC(C)CCC1(CCC(C)C)C(=O)C(C(=O)Nc2ccccc2S(N)(=O)=O)C(=O)c2ccccc21. The number of nitrogens with one attached hydrogen (secondary N) is 1. The fraction of sp³-hybridized carbons (Fsp3) is 0.444. The third kappa shape index (κ3) is 5.54. The zero-order valence-corrected chi connectivity index (χ0v) is 21.5. The number of ketones is 2. The van der Waals surface area contributed by atoms with Gasteiger partial charge in [-0.1, -0.05) is 64.1 Å². The van der Waals surface area contributed by atoms with Crippen LogP contribution >= 0.6 is 0 Å². The van der Waals surface area contributed by atoms with Gasteiger partial charge in [0.1, 0.15) is 4.90 Å². The Morgan fingerprint density at radius 2 is 1.49 bits per heavy atom. The third-order valence-corrected chi connectivity index (χ3v) is 7.68. The maximum atomic E-state index is 14.1. The molecule has 0 saturated carbocycles. The molecular weight excluding hydrogens is 464 g/mol. The fourth-order valence-corrected chi connectivity index (χ4v) is 5.46. The first kappa shape index (κ1) is 26.8. The highest BCUT2D eigenvalue weighted by Crippen LogP contribution is 2.45. The summed E-state index contributed by atoms with van der Waals surface area (Å²) < 4.78 is 24.0. The summed E-state index contributed by atoms with van der Waals surface area (Å²) in [5.74, 6) is -2.74. The van der Waals surface area contributed by atoms with Gasteiger partial charge >= 0.3 is 0 Å². The van der Waals surface area contributed by atoms with E-state index < -0.39 is 38.8 Å². The van der Waals surface area contributed by atoms with E-state index >= 15 is 0 Å². The zero-order valence-electron chi connectivity index (χ0n) is 20.7. The van der Waals surface area contributed by atoms with Gasteiger partial charge in [-0.05, 0) is 55.2 Å². The van der Waals surface area contributed by atoms with Crippen molar-refractivity contribution in [1.29, 1.82) is 0 Å². The molecule has 0 radical (unpaired) electrons. The monoisotopic (exact) mass is 498 g/mol. The Morgan fingerprint density at radius 3 is 2.06 bits per heavy atom. The van der Waals surface area contributed by atoms with Gasteiger partial charge in [0.2, 0.25) is 15.9 Å². The molecule has 3 rings (SSSR count). The predicted octanol–water partition coefficient (Wildman–Crippen LogP) is 4.46. The van der Waals surface area contributed by atoms with Gasteiger partial charge in [-0.3, -0.25) is 14.4 Å². The van der Waals surface area contributed by atoms with E-state index in [2.05, 4.69) is 33.0 Å². The Hall–Kier alpha value is -2.84. The molecule has 1 atom stereocenters. The van der Waals surface area contributed by atoms with E-state index in [4.69, 9.17) is 5.14 Å². The maximum absolute atomic E-state index is 14.1. The van der Waals surface area contributed by atoms with Crippen molar-refractivity contribution in [1.82, 2.24) is 0 Å². The third-order valence-electron chi connectivity index (χ3n) is 6.71. The van der Waals surface area contributed by atoms with E-state index in [-0.39, 0.29) is 10.6 Å². The molecule has 2 aromatic carbocycles. The second-order valence-corrected chi connectivity index (χ2v) is 11.7. The lowest BCUT2D eigenvalue weighted by molar-refractivity contribution is -0.134. The maximum Gasteiger partial charge on any atom is 0.242 e. The fourth-order valence-electron chi connectivity index (χ4n) is 4.77. The van der Waals surface area contributed by atoms with Gasteiger partial charge in [0, 0.05) is 5.56 Å².